The van der Waals surface area contributed by atoms with Crippen LogP contribution in [-0.2, 0) is 9.59 Å². The maximum atomic E-state index is 13.7. The summed E-state index contributed by atoms with van der Waals surface area (Å²) < 4.78 is 13.7. The van der Waals surface area contributed by atoms with Crippen molar-refractivity contribution >= 4 is 34.8 Å². The first-order valence-electron chi connectivity index (χ1n) is 11.2. The number of amides is 3. The first-order chi connectivity index (χ1) is 17.2. The Balaban J connectivity index is 1.46. The second kappa shape index (κ2) is 10.3. The standard InChI is InChI=1S/C26H23FN4O5/c1-16(17-7-3-2-4-8-17)28-26(34)20-9-5-6-10-22(20)29-25(33)18-13-24(32)30(15-18)19-11-12-21(27)23(14-19)31(35)36/h2-12,14,16,18H,13,15H2,1H3,(H,28,34)(H,29,33). The van der Waals surface area contributed by atoms with Crippen LogP contribution in [0, 0.1) is 21.8 Å². The van der Waals surface area contributed by atoms with Crippen LogP contribution in [-0.4, -0.2) is 29.2 Å². The van der Waals surface area contributed by atoms with Gasteiger partial charge >= 0.3 is 5.69 Å². The summed E-state index contributed by atoms with van der Waals surface area (Å²) in [6, 6.07) is 18.9. The number of nitro groups is 1. The number of nitrogens with one attached hydrogen (secondary N) is 2. The van der Waals surface area contributed by atoms with Gasteiger partial charge < -0.3 is 15.5 Å². The van der Waals surface area contributed by atoms with E-state index in [0.29, 0.717) is 5.69 Å². The summed E-state index contributed by atoms with van der Waals surface area (Å²) in [6.07, 6.45) is -0.129. The fraction of sp³-hybridized carbons (Fsp3) is 0.192. The summed E-state index contributed by atoms with van der Waals surface area (Å²) in [7, 11) is 0. The Morgan fingerprint density at radius 3 is 2.50 bits per heavy atom. The molecule has 2 unspecified atom stereocenters. The Hall–Kier alpha value is -4.60. The average Bonchev–Trinajstić information content (AvgIpc) is 3.26. The number of carbonyl (C=O) groups excluding carboxylic acids is 3. The molecule has 10 heteroatoms. The van der Waals surface area contributed by atoms with Gasteiger partial charge in [0.2, 0.25) is 17.6 Å². The number of hydrogen-bond acceptors (Lipinski definition) is 5. The molecule has 1 fully saturated rings. The van der Waals surface area contributed by atoms with Gasteiger partial charge in [0.05, 0.1) is 33.8 Å². The minimum absolute atomic E-state index is 0.0349. The van der Waals surface area contributed by atoms with Crippen LogP contribution in [0.5, 0.6) is 0 Å². The molecule has 0 aliphatic carbocycles. The molecule has 0 radical (unpaired) electrons. The minimum Gasteiger partial charge on any atom is -0.345 e. The second-order valence-corrected chi connectivity index (χ2v) is 8.44. The highest BCUT2D eigenvalue weighted by atomic mass is 19.1. The van der Waals surface area contributed by atoms with Crippen molar-refractivity contribution in [3.63, 3.8) is 0 Å². The topological polar surface area (TPSA) is 122 Å². The van der Waals surface area contributed by atoms with E-state index in [1.165, 1.54) is 11.0 Å². The molecule has 3 aromatic rings. The van der Waals surface area contributed by atoms with Gasteiger partial charge in [-0.1, -0.05) is 42.5 Å². The lowest BCUT2D eigenvalue weighted by atomic mass is 10.1. The molecule has 3 aromatic carbocycles. The largest absolute Gasteiger partial charge is 0.345 e. The van der Waals surface area contributed by atoms with Crippen molar-refractivity contribution in [2.24, 2.45) is 5.92 Å². The predicted molar refractivity (Wildman–Crippen MR) is 131 cm³/mol. The number of halogens is 1. The highest BCUT2D eigenvalue weighted by molar-refractivity contribution is 6.07. The fourth-order valence-electron chi connectivity index (χ4n) is 4.07. The van der Waals surface area contributed by atoms with Crippen molar-refractivity contribution < 1.29 is 23.7 Å². The molecule has 4 rings (SSSR count). The Labute approximate surface area is 206 Å². The van der Waals surface area contributed by atoms with E-state index in [-0.39, 0.29) is 36.2 Å². The number of para-hydroxylation sites is 1. The third kappa shape index (κ3) is 5.22. The van der Waals surface area contributed by atoms with Crippen LogP contribution in [0.3, 0.4) is 0 Å². The average molecular weight is 490 g/mol. The van der Waals surface area contributed by atoms with E-state index in [4.69, 9.17) is 0 Å². The van der Waals surface area contributed by atoms with Crippen LogP contribution in [0.2, 0.25) is 0 Å². The van der Waals surface area contributed by atoms with Crippen LogP contribution >= 0.6 is 0 Å². The van der Waals surface area contributed by atoms with E-state index in [1.54, 1.807) is 24.3 Å². The van der Waals surface area contributed by atoms with Crippen LogP contribution < -0.4 is 15.5 Å². The highest BCUT2D eigenvalue weighted by Gasteiger charge is 2.36. The van der Waals surface area contributed by atoms with Crippen molar-refractivity contribution in [2.45, 2.75) is 19.4 Å². The molecular formula is C26H23FN4O5. The quantitative estimate of drug-likeness (QED) is 0.379. The van der Waals surface area contributed by atoms with Gasteiger partial charge in [-0.25, -0.2) is 0 Å². The van der Waals surface area contributed by atoms with Crippen molar-refractivity contribution in [1.82, 2.24) is 5.32 Å². The van der Waals surface area contributed by atoms with E-state index in [2.05, 4.69) is 10.6 Å². The predicted octanol–water partition coefficient (Wildman–Crippen LogP) is 4.22. The van der Waals surface area contributed by atoms with Gasteiger partial charge in [0.1, 0.15) is 0 Å². The van der Waals surface area contributed by atoms with E-state index in [9.17, 15) is 28.9 Å². The van der Waals surface area contributed by atoms with E-state index < -0.39 is 34.2 Å². The minimum atomic E-state index is -1.01. The van der Waals surface area contributed by atoms with Crippen molar-refractivity contribution in [3.05, 3.63) is 99.9 Å². The molecule has 0 saturated carbocycles. The summed E-state index contributed by atoms with van der Waals surface area (Å²) in [5, 5.41) is 16.7. The first kappa shape index (κ1) is 24.5. The zero-order valence-electron chi connectivity index (χ0n) is 19.3. The van der Waals surface area contributed by atoms with Gasteiger partial charge in [0.25, 0.3) is 5.91 Å². The molecule has 36 heavy (non-hydrogen) atoms. The van der Waals surface area contributed by atoms with Gasteiger partial charge in [0.15, 0.2) is 0 Å². The number of anilines is 2. The lowest BCUT2D eigenvalue weighted by Gasteiger charge is -2.18. The molecule has 2 atom stereocenters. The number of nitrogens with zero attached hydrogens (tertiary/aromatic N) is 2. The molecule has 9 nitrogen and oxygen atoms in total. The fourth-order valence-corrected chi connectivity index (χ4v) is 4.07. The smallest absolute Gasteiger partial charge is 0.306 e. The molecule has 184 valence electrons. The second-order valence-electron chi connectivity index (χ2n) is 8.44. The van der Waals surface area contributed by atoms with Crippen LogP contribution in [0.25, 0.3) is 0 Å². The van der Waals surface area contributed by atoms with Gasteiger partial charge in [0, 0.05) is 19.0 Å². The zero-order chi connectivity index (χ0) is 25.8. The van der Waals surface area contributed by atoms with Crippen molar-refractivity contribution in [3.8, 4) is 0 Å². The maximum Gasteiger partial charge on any atom is 0.306 e. The molecule has 0 bridgehead atoms. The summed E-state index contributed by atoms with van der Waals surface area (Å²) in [5.41, 5.74) is 0.876. The summed E-state index contributed by atoms with van der Waals surface area (Å²) in [5.74, 6) is -3.04. The SMILES string of the molecule is CC(NC(=O)c1ccccc1NC(=O)C1CC(=O)N(c2ccc(F)c([N+](=O)[O-])c2)C1)c1ccccc1. The molecule has 1 heterocycles. The first-order valence-corrected chi connectivity index (χ1v) is 11.2. The van der Waals surface area contributed by atoms with E-state index in [0.717, 1.165) is 17.7 Å². The molecule has 1 aliphatic rings. The van der Waals surface area contributed by atoms with Gasteiger partial charge in [-0.3, -0.25) is 24.5 Å². The molecule has 1 saturated heterocycles. The molecule has 3 amide bonds. The molecular weight excluding hydrogens is 467 g/mol. The van der Waals surface area contributed by atoms with Crippen molar-refractivity contribution in [2.75, 3.05) is 16.8 Å². The monoisotopic (exact) mass is 490 g/mol. The van der Waals surface area contributed by atoms with Crippen LogP contribution in [0.4, 0.5) is 21.5 Å². The molecule has 0 aromatic heterocycles. The summed E-state index contributed by atoms with van der Waals surface area (Å²) in [6.45, 7) is 1.82. The van der Waals surface area contributed by atoms with Gasteiger partial charge in [-0.2, -0.15) is 4.39 Å². The lowest BCUT2D eigenvalue weighted by molar-refractivity contribution is -0.387. The highest BCUT2D eigenvalue weighted by Crippen LogP contribution is 2.30. The van der Waals surface area contributed by atoms with Crippen molar-refractivity contribution in [1.29, 1.82) is 0 Å². The number of rotatable bonds is 7. The summed E-state index contributed by atoms with van der Waals surface area (Å²) in [4.78, 5) is 49.9. The number of benzene rings is 3. The van der Waals surface area contributed by atoms with E-state index >= 15 is 0 Å². The summed E-state index contributed by atoms with van der Waals surface area (Å²) >= 11 is 0. The Bertz CT molecular complexity index is 1330. The zero-order valence-corrected chi connectivity index (χ0v) is 19.3. The van der Waals surface area contributed by atoms with E-state index in [1.807, 2.05) is 37.3 Å². The maximum absolute atomic E-state index is 13.7. The van der Waals surface area contributed by atoms with Gasteiger partial charge in [-0.05, 0) is 36.8 Å². The number of hydrogen-bond donors (Lipinski definition) is 2. The molecule has 1 aliphatic heterocycles. The number of carbonyl (C=O) groups is 3. The third-order valence-electron chi connectivity index (χ3n) is 6.01. The Morgan fingerprint density at radius 1 is 1.08 bits per heavy atom. The molecule has 0 spiro atoms. The van der Waals surface area contributed by atoms with Crippen LogP contribution in [0.15, 0.2) is 72.8 Å². The third-order valence-corrected chi connectivity index (χ3v) is 6.01. The normalized spacial score (nSPS) is 15.9. The molecule has 2 N–H and O–H groups in total. The lowest BCUT2D eigenvalue weighted by Crippen LogP contribution is -2.30. The Kier molecular flexibility index (Phi) is 7.05. The number of nitro benzene ring substituents is 1. The van der Waals surface area contributed by atoms with Gasteiger partial charge in [-0.15, -0.1) is 0 Å². The Morgan fingerprint density at radius 2 is 1.78 bits per heavy atom. The van der Waals surface area contributed by atoms with Crippen LogP contribution in [0.1, 0.15) is 35.3 Å².